The maximum Gasteiger partial charge on any atom is 0.242 e. The molecule has 2 aliphatic rings. The zero-order valence-corrected chi connectivity index (χ0v) is 14.3. The molecule has 2 aromatic rings. The number of para-hydroxylation sites is 1. The quantitative estimate of drug-likeness (QED) is 0.931. The van der Waals surface area contributed by atoms with Gasteiger partial charge < -0.3 is 14.8 Å². The van der Waals surface area contributed by atoms with Crippen LogP contribution in [0, 0.1) is 0 Å². The van der Waals surface area contributed by atoms with E-state index in [2.05, 4.69) is 29.2 Å². The topological polar surface area (TPSA) is 56.4 Å². The lowest BCUT2D eigenvalue weighted by Crippen LogP contribution is -2.44. The number of carbonyl (C=O) groups excluding carboxylic acids is 2. The monoisotopic (exact) mass is 343 g/mol. The molecule has 1 N–H and O–H groups in total. The van der Waals surface area contributed by atoms with Gasteiger partial charge in [-0.05, 0) is 30.4 Å². The zero-order valence-electron chi connectivity index (χ0n) is 13.5. The molecular formula is C18H21N3O2S. The summed E-state index contributed by atoms with van der Waals surface area (Å²) in [7, 11) is 0. The second kappa shape index (κ2) is 6.51. The maximum atomic E-state index is 12.4. The number of fused-ring (bicyclic) bond motifs is 1. The number of amides is 2. The maximum absolute atomic E-state index is 12.4. The Morgan fingerprint density at radius 3 is 2.75 bits per heavy atom. The summed E-state index contributed by atoms with van der Waals surface area (Å²) in [6.07, 6.45) is 1.95. The van der Waals surface area contributed by atoms with E-state index in [0.717, 1.165) is 25.9 Å². The number of hydrogen-bond donors (Lipinski definition) is 1. The Balaban J connectivity index is 1.36. The number of rotatable bonds is 3. The number of aromatic amines is 1. The molecule has 24 heavy (non-hydrogen) atoms. The van der Waals surface area contributed by atoms with Gasteiger partial charge in [0, 0.05) is 30.2 Å². The van der Waals surface area contributed by atoms with Crippen LogP contribution in [0.25, 0.3) is 10.9 Å². The average molecular weight is 343 g/mol. The third kappa shape index (κ3) is 3.02. The number of hydrogen-bond acceptors (Lipinski definition) is 3. The molecule has 2 aliphatic heterocycles. The van der Waals surface area contributed by atoms with E-state index in [-0.39, 0.29) is 18.4 Å². The molecule has 0 aliphatic carbocycles. The van der Waals surface area contributed by atoms with Crippen molar-refractivity contribution in [2.75, 3.05) is 31.3 Å². The van der Waals surface area contributed by atoms with Crippen molar-refractivity contribution in [2.24, 2.45) is 0 Å². The predicted octanol–water partition coefficient (Wildman–Crippen LogP) is 2.41. The summed E-state index contributed by atoms with van der Waals surface area (Å²) in [5.41, 5.74) is 2.45. The number of aromatic nitrogens is 1. The van der Waals surface area contributed by atoms with Crippen LogP contribution in [0.1, 0.15) is 24.5 Å². The van der Waals surface area contributed by atoms with Crippen LogP contribution in [0.15, 0.2) is 30.3 Å². The highest BCUT2D eigenvalue weighted by atomic mass is 32.2. The Labute approximate surface area is 145 Å². The van der Waals surface area contributed by atoms with Crippen molar-refractivity contribution in [3.8, 4) is 0 Å². The van der Waals surface area contributed by atoms with Gasteiger partial charge in [0.2, 0.25) is 11.8 Å². The largest absolute Gasteiger partial charge is 0.358 e. The van der Waals surface area contributed by atoms with Crippen molar-refractivity contribution < 1.29 is 9.59 Å². The van der Waals surface area contributed by atoms with Gasteiger partial charge >= 0.3 is 0 Å². The molecule has 0 unspecified atom stereocenters. The first-order chi connectivity index (χ1) is 11.7. The van der Waals surface area contributed by atoms with E-state index in [0.29, 0.717) is 17.5 Å². The van der Waals surface area contributed by atoms with E-state index in [1.165, 1.54) is 16.6 Å². The summed E-state index contributed by atoms with van der Waals surface area (Å²) in [5.74, 6) is 1.80. The summed E-state index contributed by atoms with van der Waals surface area (Å²) in [6, 6.07) is 10.6. The molecule has 126 valence electrons. The van der Waals surface area contributed by atoms with Crippen molar-refractivity contribution in [3.05, 3.63) is 36.0 Å². The second-order valence-electron chi connectivity index (χ2n) is 6.54. The van der Waals surface area contributed by atoms with Crippen LogP contribution >= 0.6 is 11.8 Å². The molecule has 2 amide bonds. The first-order valence-electron chi connectivity index (χ1n) is 8.41. The van der Waals surface area contributed by atoms with Gasteiger partial charge in [-0.25, -0.2) is 0 Å². The Hall–Kier alpha value is -1.95. The van der Waals surface area contributed by atoms with Crippen molar-refractivity contribution in [1.82, 2.24) is 14.8 Å². The SMILES string of the molecule is O=C(CN1CSCC1=O)N1CCC(c2cc3ccccc3[nH]2)CC1. The first-order valence-corrected chi connectivity index (χ1v) is 9.57. The fraction of sp³-hybridized carbons (Fsp3) is 0.444. The lowest BCUT2D eigenvalue weighted by Gasteiger charge is -2.32. The van der Waals surface area contributed by atoms with Crippen molar-refractivity contribution in [1.29, 1.82) is 0 Å². The van der Waals surface area contributed by atoms with Crippen molar-refractivity contribution in [3.63, 3.8) is 0 Å². The number of nitrogens with one attached hydrogen (secondary N) is 1. The number of H-pyrrole nitrogens is 1. The number of benzene rings is 1. The number of carbonyl (C=O) groups is 2. The van der Waals surface area contributed by atoms with E-state index in [4.69, 9.17) is 0 Å². The van der Waals surface area contributed by atoms with Crippen LogP contribution < -0.4 is 0 Å². The molecule has 3 heterocycles. The van der Waals surface area contributed by atoms with E-state index in [9.17, 15) is 9.59 Å². The van der Waals surface area contributed by atoms with Gasteiger partial charge in [-0.3, -0.25) is 9.59 Å². The van der Waals surface area contributed by atoms with Crippen molar-refractivity contribution >= 4 is 34.5 Å². The lowest BCUT2D eigenvalue weighted by molar-refractivity contribution is -0.138. The van der Waals surface area contributed by atoms with Gasteiger partial charge in [-0.1, -0.05) is 18.2 Å². The van der Waals surface area contributed by atoms with Gasteiger partial charge in [0.15, 0.2) is 0 Å². The van der Waals surface area contributed by atoms with E-state index in [1.54, 1.807) is 16.7 Å². The molecule has 1 aromatic heterocycles. The molecule has 0 radical (unpaired) electrons. The number of nitrogens with zero attached hydrogens (tertiary/aromatic N) is 2. The minimum atomic E-state index is 0.0842. The molecule has 1 aromatic carbocycles. The first kappa shape index (κ1) is 15.6. The predicted molar refractivity (Wildman–Crippen MR) is 95.9 cm³/mol. The molecule has 2 saturated heterocycles. The highest BCUT2D eigenvalue weighted by Crippen LogP contribution is 2.30. The van der Waals surface area contributed by atoms with Crippen LogP contribution in [0.5, 0.6) is 0 Å². The standard InChI is InChI=1S/C18H21N3O2S/c22-17(10-21-12-24-11-18(21)23)20-7-5-13(6-8-20)16-9-14-3-1-2-4-15(14)19-16/h1-4,9,13,19H,5-8,10-12H2. The molecule has 0 atom stereocenters. The molecule has 2 fully saturated rings. The molecule has 6 heteroatoms. The van der Waals surface area contributed by atoms with Crippen LogP contribution in [-0.4, -0.2) is 57.9 Å². The molecule has 5 nitrogen and oxygen atoms in total. The molecule has 0 saturated carbocycles. The molecule has 0 spiro atoms. The van der Waals surface area contributed by atoms with Gasteiger partial charge in [-0.2, -0.15) is 0 Å². The average Bonchev–Trinajstić information content (AvgIpc) is 3.21. The van der Waals surface area contributed by atoms with Crippen molar-refractivity contribution in [2.45, 2.75) is 18.8 Å². The normalized spacial score (nSPS) is 19.4. The Morgan fingerprint density at radius 2 is 2.04 bits per heavy atom. The second-order valence-corrected chi connectivity index (χ2v) is 7.49. The minimum absolute atomic E-state index is 0.0842. The van der Waals surface area contributed by atoms with Gasteiger partial charge in [0.1, 0.15) is 6.54 Å². The van der Waals surface area contributed by atoms with E-state index in [1.807, 2.05) is 11.0 Å². The number of piperidine rings is 1. The third-order valence-corrected chi connectivity index (χ3v) is 5.94. The van der Waals surface area contributed by atoms with Gasteiger partial charge in [0.25, 0.3) is 0 Å². The Bertz CT molecular complexity index is 731. The summed E-state index contributed by atoms with van der Waals surface area (Å²) < 4.78 is 0. The van der Waals surface area contributed by atoms with Crippen LogP contribution in [0.3, 0.4) is 0 Å². The van der Waals surface area contributed by atoms with E-state index >= 15 is 0 Å². The summed E-state index contributed by atoms with van der Waals surface area (Å²) in [4.78, 5) is 31.1. The van der Waals surface area contributed by atoms with Crippen LogP contribution in [0.2, 0.25) is 0 Å². The van der Waals surface area contributed by atoms with Crippen LogP contribution in [0.4, 0.5) is 0 Å². The van der Waals surface area contributed by atoms with Gasteiger partial charge in [0.05, 0.1) is 11.6 Å². The summed E-state index contributed by atoms with van der Waals surface area (Å²) in [6.45, 7) is 1.78. The Morgan fingerprint density at radius 1 is 1.25 bits per heavy atom. The van der Waals surface area contributed by atoms with E-state index < -0.39 is 0 Å². The minimum Gasteiger partial charge on any atom is -0.358 e. The molecule has 4 rings (SSSR count). The highest BCUT2D eigenvalue weighted by Gasteiger charge is 2.28. The fourth-order valence-electron chi connectivity index (χ4n) is 3.56. The molecule has 0 bridgehead atoms. The summed E-state index contributed by atoms with van der Waals surface area (Å²) >= 11 is 1.58. The third-order valence-electron chi connectivity index (χ3n) is 4.99. The van der Waals surface area contributed by atoms with Crippen LogP contribution in [-0.2, 0) is 9.59 Å². The number of thioether (sulfide) groups is 1. The zero-order chi connectivity index (χ0) is 16.5. The van der Waals surface area contributed by atoms with Gasteiger partial charge in [-0.15, -0.1) is 11.8 Å². The molecular weight excluding hydrogens is 322 g/mol. The summed E-state index contributed by atoms with van der Waals surface area (Å²) in [5, 5.41) is 1.25. The smallest absolute Gasteiger partial charge is 0.242 e. The Kier molecular flexibility index (Phi) is 4.22. The fourth-order valence-corrected chi connectivity index (χ4v) is 4.46. The highest BCUT2D eigenvalue weighted by molar-refractivity contribution is 8.00. The number of likely N-dealkylation sites (tertiary alicyclic amines) is 1. The lowest BCUT2D eigenvalue weighted by atomic mass is 9.93.